The number of nitrogen functional groups attached to an aromatic ring is 1. The quantitative estimate of drug-likeness (QED) is 0.776. The molecule has 1 aromatic carbocycles. The van der Waals surface area contributed by atoms with Crippen molar-refractivity contribution in [2.75, 3.05) is 5.73 Å². The lowest BCUT2D eigenvalue weighted by Gasteiger charge is -1.93. The number of hydrogen-bond acceptors (Lipinski definition) is 3. The maximum absolute atomic E-state index is 10.9. The van der Waals surface area contributed by atoms with E-state index in [2.05, 4.69) is 0 Å². The topological polar surface area (TPSA) is 82.2 Å². The van der Waals surface area contributed by atoms with Gasteiger partial charge in [-0.25, -0.2) is 0 Å². The average molecular weight is 202 g/mol. The fourth-order valence-electron chi connectivity index (χ4n) is 1.34. The van der Waals surface area contributed by atoms with E-state index in [9.17, 15) is 4.79 Å². The molecule has 0 saturated heterocycles. The highest BCUT2D eigenvalue weighted by Gasteiger charge is 2.13. The molecular weight excluding hydrogens is 192 g/mol. The molecule has 4 heteroatoms. The number of anilines is 1. The van der Waals surface area contributed by atoms with Crippen molar-refractivity contribution in [2.45, 2.75) is 0 Å². The van der Waals surface area contributed by atoms with E-state index in [1.54, 1.807) is 6.07 Å². The number of carbonyl (C=O) groups is 1. The van der Waals surface area contributed by atoms with E-state index >= 15 is 0 Å². The van der Waals surface area contributed by atoms with Crippen molar-refractivity contribution in [1.29, 1.82) is 0 Å². The summed E-state index contributed by atoms with van der Waals surface area (Å²) >= 11 is 0. The first-order valence-corrected chi connectivity index (χ1v) is 4.43. The Morgan fingerprint density at radius 2 is 1.87 bits per heavy atom. The van der Waals surface area contributed by atoms with Crippen molar-refractivity contribution >= 4 is 11.8 Å². The van der Waals surface area contributed by atoms with E-state index in [1.165, 1.54) is 0 Å². The van der Waals surface area contributed by atoms with Crippen LogP contribution in [0.4, 0.5) is 5.88 Å². The van der Waals surface area contributed by atoms with Gasteiger partial charge >= 0.3 is 0 Å². The van der Waals surface area contributed by atoms with Gasteiger partial charge in [0, 0.05) is 5.56 Å². The molecule has 0 atom stereocenters. The van der Waals surface area contributed by atoms with Crippen molar-refractivity contribution in [3.05, 3.63) is 42.0 Å². The largest absolute Gasteiger partial charge is 0.440 e. The van der Waals surface area contributed by atoms with Crippen LogP contribution in [-0.2, 0) is 0 Å². The highest BCUT2D eigenvalue weighted by Crippen LogP contribution is 2.26. The number of rotatable bonds is 2. The van der Waals surface area contributed by atoms with Gasteiger partial charge in [0.2, 0.25) is 5.88 Å². The second-order valence-electron chi connectivity index (χ2n) is 3.12. The number of nitrogens with two attached hydrogens (primary N) is 2. The summed E-state index contributed by atoms with van der Waals surface area (Å²) in [5, 5.41) is 0. The molecule has 0 bridgehead atoms. The molecule has 4 N–H and O–H groups in total. The molecule has 1 aromatic heterocycles. The van der Waals surface area contributed by atoms with Crippen molar-refractivity contribution in [2.24, 2.45) is 5.73 Å². The number of furan rings is 1. The van der Waals surface area contributed by atoms with Crippen LogP contribution in [0.1, 0.15) is 10.4 Å². The second-order valence-corrected chi connectivity index (χ2v) is 3.12. The standard InChI is InChI=1S/C11H10N2O2/c12-10(14)8-6-9(15-11(8)13)7-4-2-1-3-5-7/h1-6H,13H2,(H2,12,14). The van der Waals surface area contributed by atoms with Crippen LogP contribution in [0.25, 0.3) is 11.3 Å². The summed E-state index contributed by atoms with van der Waals surface area (Å²) in [5.74, 6) is 0.0154. The molecule has 4 nitrogen and oxygen atoms in total. The van der Waals surface area contributed by atoms with Crippen LogP contribution >= 0.6 is 0 Å². The lowest BCUT2D eigenvalue weighted by molar-refractivity contribution is 0.100. The Hall–Kier alpha value is -2.23. The van der Waals surface area contributed by atoms with Gasteiger partial charge in [0.15, 0.2) is 0 Å². The van der Waals surface area contributed by atoms with Gasteiger partial charge in [0.1, 0.15) is 11.3 Å². The van der Waals surface area contributed by atoms with Crippen LogP contribution < -0.4 is 11.5 Å². The number of carbonyl (C=O) groups excluding carboxylic acids is 1. The van der Waals surface area contributed by atoms with Gasteiger partial charge in [0.05, 0.1) is 0 Å². The predicted molar refractivity (Wildman–Crippen MR) is 57.1 cm³/mol. The summed E-state index contributed by atoms with van der Waals surface area (Å²) in [7, 11) is 0. The normalized spacial score (nSPS) is 10.1. The number of amides is 1. The molecule has 0 saturated carbocycles. The third-order valence-corrected chi connectivity index (χ3v) is 2.08. The molecular formula is C11H10N2O2. The van der Waals surface area contributed by atoms with Crippen LogP contribution in [0.2, 0.25) is 0 Å². The lowest BCUT2D eigenvalue weighted by Crippen LogP contribution is -2.11. The minimum atomic E-state index is -0.585. The summed E-state index contributed by atoms with van der Waals surface area (Å²) in [4.78, 5) is 10.9. The zero-order chi connectivity index (χ0) is 10.8. The van der Waals surface area contributed by atoms with Gasteiger partial charge in [0.25, 0.3) is 5.91 Å². The first kappa shape index (κ1) is 9.33. The lowest BCUT2D eigenvalue weighted by atomic mass is 10.1. The molecule has 76 valence electrons. The Morgan fingerprint density at radius 1 is 1.20 bits per heavy atom. The molecule has 0 radical (unpaired) electrons. The first-order valence-electron chi connectivity index (χ1n) is 4.43. The summed E-state index contributed by atoms with van der Waals surface area (Å²) in [5.41, 5.74) is 11.7. The molecule has 1 heterocycles. The smallest absolute Gasteiger partial charge is 0.254 e. The van der Waals surface area contributed by atoms with Gasteiger partial charge in [-0.15, -0.1) is 0 Å². The summed E-state index contributed by atoms with van der Waals surface area (Å²) < 4.78 is 5.24. The summed E-state index contributed by atoms with van der Waals surface area (Å²) in [6.07, 6.45) is 0. The monoisotopic (exact) mass is 202 g/mol. The Labute approximate surface area is 86.5 Å². The fraction of sp³-hybridized carbons (Fsp3) is 0. The van der Waals surface area contributed by atoms with Crippen LogP contribution in [0.15, 0.2) is 40.8 Å². The van der Waals surface area contributed by atoms with E-state index in [0.717, 1.165) is 5.56 Å². The highest BCUT2D eigenvalue weighted by molar-refractivity contribution is 5.98. The van der Waals surface area contributed by atoms with Crippen LogP contribution in [0.3, 0.4) is 0 Å². The van der Waals surface area contributed by atoms with Gasteiger partial charge in [-0.1, -0.05) is 30.3 Å². The van der Waals surface area contributed by atoms with Crippen molar-refractivity contribution < 1.29 is 9.21 Å². The molecule has 0 aliphatic heterocycles. The van der Waals surface area contributed by atoms with Crippen molar-refractivity contribution in [1.82, 2.24) is 0 Å². The SMILES string of the molecule is NC(=O)c1cc(-c2ccccc2)oc1N. The third kappa shape index (κ3) is 1.69. The fourth-order valence-corrected chi connectivity index (χ4v) is 1.34. The zero-order valence-electron chi connectivity index (χ0n) is 7.94. The van der Waals surface area contributed by atoms with E-state index in [4.69, 9.17) is 15.9 Å². The molecule has 0 fully saturated rings. The van der Waals surface area contributed by atoms with E-state index in [1.807, 2.05) is 30.3 Å². The molecule has 2 aromatic rings. The zero-order valence-corrected chi connectivity index (χ0v) is 7.94. The average Bonchev–Trinajstić information content (AvgIpc) is 2.62. The molecule has 2 rings (SSSR count). The number of benzene rings is 1. The van der Waals surface area contributed by atoms with E-state index in [-0.39, 0.29) is 11.4 Å². The minimum absolute atomic E-state index is 0.0568. The minimum Gasteiger partial charge on any atom is -0.440 e. The van der Waals surface area contributed by atoms with Crippen molar-refractivity contribution in [3.63, 3.8) is 0 Å². The Bertz CT molecular complexity index is 489. The van der Waals surface area contributed by atoms with Crippen molar-refractivity contribution in [3.8, 4) is 11.3 Å². The summed E-state index contributed by atoms with van der Waals surface area (Å²) in [6, 6.07) is 10.9. The maximum Gasteiger partial charge on any atom is 0.254 e. The van der Waals surface area contributed by atoms with Crippen LogP contribution in [0, 0.1) is 0 Å². The number of hydrogen-bond donors (Lipinski definition) is 2. The molecule has 0 spiro atoms. The highest BCUT2D eigenvalue weighted by atomic mass is 16.4. The van der Waals surface area contributed by atoms with Gasteiger partial charge in [-0.05, 0) is 6.07 Å². The van der Waals surface area contributed by atoms with Crippen LogP contribution in [-0.4, -0.2) is 5.91 Å². The molecule has 0 unspecified atom stereocenters. The first-order chi connectivity index (χ1) is 7.18. The molecule has 1 amide bonds. The predicted octanol–water partition coefficient (Wildman–Crippen LogP) is 1.63. The molecule has 0 aliphatic rings. The third-order valence-electron chi connectivity index (χ3n) is 2.08. The second kappa shape index (κ2) is 3.49. The van der Waals surface area contributed by atoms with Gasteiger partial charge in [-0.3, -0.25) is 4.79 Å². The Balaban J connectivity index is 2.48. The van der Waals surface area contributed by atoms with E-state index in [0.29, 0.717) is 5.76 Å². The van der Waals surface area contributed by atoms with E-state index < -0.39 is 5.91 Å². The molecule has 15 heavy (non-hydrogen) atoms. The summed E-state index contributed by atoms with van der Waals surface area (Å²) in [6.45, 7) is 0. The molecule has 0 aliphatic carbocycles. The Morgan fingerprint density at radius 3 is 2.40 bits per heavy atom. The van der Waals surface area contributed by atoms with Gasteiger partial charge < -0.3 is 15.9 Å². The number of primary amides is 1. The van der Waals surface area contributed by atoms with Gasteiger partial charge in [-0.2, -0.15) is 0 Å². The Kier molecular flexibility index (Phi) is 2.17. The van der Waals surface area contributed by atoms with Crippen LogP contribution in [0.5, 0.6) is 0 Å². The maximum atomic E-state index is 10.9.